The van der Waals surface area contributed by atoms with Crippen molar-refractivity contribution in [3.8, 4) is 28.4 Å². The molecule has 1 saturated carbocycles. The van der Waals surface area contributed by atoms with E-state index in [1.54, 1.807) is 21.3 Å². The SMILES string of the molecule is COc1cc(-c2ccc3cc(CC(=O)N4CCC(C(=O)NC5CCC5)C4)ccc3c2)cc(OC)c1OC. The van der Waals surface area contributed by atoms with Crippen molar-refractivity contribution in [1.82, 2.24) is 10.2 Å². The summed E-state index contributed by atoms with van der Waals surface area (Å²) in [5.41, 5.74) is 2.96. The molecule has 0 spiro atoms. The number of rotatable bonds is 8. The van der Waals surface area contributed by atoms with Crippen molar-refractivity contribution in [2.75, 3.05) is 34.4 Å². The van der Waals surface area contributed by atoms with Crippen LogP contribution in [0.25, 0.3) is 21.9 Å². The number of ether oxygens (including phenoxy) is 3. The van der Waals surface area contributed by atoms with Crippen molar-refractivity contribution in [3.63, 3.8) is 0 Å². The molecule has 0 aromatic heterocycles. The van der Waals surface area contributed by atoms with E-state index in [9.17, 15) is 9.59 Å². The first kappa shape index (κ1) is 24.9. The maximum Gasteiger partial charge on any atom is 0.227 e. The molecule has 1 aliphatic heterocycles. The highest BCUT2D eigenvalue weighted by Crippen LogP contribution is 2.41. The summed E-state index contributed by atoms with van der Waals surface area (Å²) in [4.78, 5) is 27.3. The average Bonchev–Trinajstić information content (AvgIpc) is 3.40. The van der Waals surface area contributed by atoms with Crippen LogP contribution in [0.2, 0.25) is 0 Å². The van der Waals surface area contributed by atoms with E-state index in [0.29, 0.717) is 42.8 Å². The summed E-state index contributed by atoms with van der Waals surface area (Å²) in [5.74, 6) is 1.87. The maximum atomic E-state index is 13.0. The standard InChI is InChI=1S/C30H34N2O5/c1-35-26-16-24(17-27(36-2)29(26)37-3)22-10-9-20-13-19(7-8-21(20)15-22)14-28(33)32-12-11-23(18-32)30(34)31-25-5-4-6-25/h7-10,13,15-17,23,25H,4-6,11-12,14,18H2,1-3H3,(H,31,34). The molecule has 1 aliphatic carbocycles. The molecule has 0 radical (unpaired) electrons. The highest BCUT2D eigenvalue weighted by atomic mass is 16.5. The number of carbonyl (C=O) groups excluding carboxylic acids is 2. The molecule has 7 heteroatoms. The van der Waals surface area contributed by atoms with Gasteiger partial charge in [-0.1, -0.05) is 30.3 Å². The summed E-state index contributed by atoms with van der Waals surface area (Å²) >= 11 is 0. The van der Waals surface area contributed by atoms with Gasteiger partial charge >= 0.3 is 0 Å². The van der Waals surface area contributed by atoms with Crippen molar-refractivity contribution in [1.29, 1.82) is 0 Å². The zero-order valence-corrected chi connectivity index (χ0v) is 21.7. The maximum absolute atomic E-state index is 13.0. The molecule has 5 rings (SSSR count). The van der Waals surface area contributed by atoms with E-state index in [-0.39, 0.29) is 17.7 Å². The second kappa shape index (κ2) is 10.7. The van der Waals surface area contributed by atoms with Crippen molar-refractivity contribution in [3.05, 3.63) is 54.1 Å². The van der Waals surface area contributed by atoms with Crippen LogP contribution in [0.4, 0.5) is 0 Å². The summed E-state index contributed by atoms with van der Waals surface area (Å²) in [6.45, 7) is 1.16. The minimum atomic E-state index is -0.0882. The van der Waals surface area contributed by atoms with Gasteiger partial charge in [0.15, 0.2) is 11.5 Å². The van der Waals surface area contributed by atoms with E-state index >= 15 is 0 Å². The number of hydrogen-bond acceptors (Lipinski definition) is 5. The van der Waals surface area contributed by atoms with Gasteiger partial charge in [-0.3, -0.25) is 9.59 Å². The molecule has 2 aliphatic rings. The van der Waals surface area contributed by atoms with E-state index in [1.165, 1.54) is 6.42 Å². The van der Waals surface area contributed by atoms with Crippen molar-refractivity contribution >= 4 is 22.6 Å². The molecule has 3 aromatic carbocycles. The first-order chi connectivity index (χ1) is 18.0. The van der Waals surface area contributed by atoms with E-state index in [4.69, 9.17) is 14.2 Å². The third-order valence-corrected chi connectivity index (χ3v) is 7.62. The van der Waals surface area contributed by atoms with Crippen molar-refractivity contribution in [2.45, 2.75) is 38.1 Å². The zero-order chi connectivity index (χ0) is 25.9. The van der Waals surface area contributed by atoms with Crippen LogP contribution in [0.3, 0.4) is 0 Å². The van der Waals surface area contributed by atoms with Crippen LogP contribution in [0.5, 0.6) is 17.2 Å². The Morgan fingerprint density at radius 3 is 2.22 bits per heavy atom. The highest BCUT2D eigenvalue weighted by molar-refractivity contribution is 5.90. The Hall–Kier alpha value is -3.74. The lowest BCUT2D eigenvalue weighted by Gasteiger charge is -2.27. The molecule has 194 valence electrons. The lowest BCUT2D eigenvalue weighted by Crippen LogP contribution is -2.43. The molecule has 2 fully saturated rings. The second-order valence-corrected chi connectivity index (χ2v) is 9.95. The molecule has 1 atom stereocenters. The molecule has 37 heavy (non-hydrogen) atoms. The number of methoxy groups -OCH3 is 3. The molecule has 3 aromatic rings. The number of carbonyl (C=O) groups is 2. The molecular formula is C30H34N2O5. The summed E-state index contributed by atoms with van der Waals surface area (Å²) in [7, 11) is 4.81. The molecule has 1 N–H and O–H groups in total. The van der Waals surface area contributed by atoms with Gasteiger partial charge in [-0.15, -0.1) is 0 Å². The number of nitrogens with zero attached hydrogens (tertiary/aromatic N) is 1. The first-order valence-electron chi connectivity index (χ1n) is 12.9. The highest BCUT2D eigenvalue weighted by Gasteiger charge is 2.32. The fourth-order valence-corrected chi connectivity index (χ4v) is 5.19. The van der Waals surface area contributed by atoms with Gasteiger partial charge in [-0.05, 0) is 71.3 Å². The monoisotopic (exact) mass is 502 g/mol. The predicted octanol–water partition coefficient (Wildman–Crippen LogP) is 4.59. The molecule has 7 nitrogen and oxygen atoms in total. The number of likely N-dealkylation sites (tertiary alicyclic amines) is 1. The van der Waals surface area contributed by atoms with Crippen LogP contribution < -0.4 is 19.5 Å². The van der Waals surface area contributed by atoms with Gasteiger partial charge < -0.3 is 24.4 Å². The van der Waals surface area contributed by atoms with Gasteiger partial charge in [0, 0.05) is 19.1 Å². The second-order valence-electron chi connectivity index (χ2n) is 9.95. The minimum Gasteiger partial charge on any atom is -0.493 e. The Kier molecular flexibility index (Phi) is 7.22. The normalized spacial score (nSPS) is 17.4. The average molecular weight is 503 g/mol. The Labute approximate surface area is 217 Å². The van der Waals surface area contributed by atoms with E-state index in [1.807, 2.05) is 23.1 Å². The lowest BCUT2D eigenvalue weighted by atomic mass is 9.92. The van der Waals surface area contributed by atoms with Crippen molar-refractivity contribution in [2.24, 2.45) is 5.92 Å². The molecular weight excluding hydrogens is 468 g/mol. The van der Waals surface area contributed by atoms with Crippen LogP contribution in [0.15, 0.2) is 48.5 Å². The van der Waals surface area contributed by atoms with Gasteiger partial charge in [0.25, 0.3) is 0 Å². The Morgan fingerprint density at radius 1 is 0.865 bits per heavy atom. The lowest BCUT2D eigenvalue weighted by molar-refractivity contribution is -0.130. The smallest absolute Gasteiger partial charge is 0.227 e. The Morgan fingerprint density at radius 2 is 1.57 bits per heavy atom. The Bertz CT molecular complexity index is 1290. The fraction of sp³-hybridized carbons (Fsp3) is 0.400. The zero-order valence-electron chi connectivity index (χ0n) is 21.7. The molecule has 1 saturated heterocycles. The number of amides is 2. The van der Waals surface area contributed by atoms with Crippen LogP contribution in [0.1, 0.15) is 31.2 Å². The first-order valence-corrected chi connectivity index (χ1v) is 12.9. The van der Waals surface area contributed by atoms with Crippen LogP contribution in [0, 0.1) is 5.92 Å². The molecule has 1 heterocycles. The van der Waals surface area contributed by atoms with Gasteiger partial charge in [-0.2, -0.15) is 0 Å². The predicted molar refractivity (Wildman–Crippen MR) is 143 cm³/mol. The molecule has 1 unspecified atom stereocenters. The van der Waals surface area contributed by atoms with E-state index in [0.717, 1.165) is 46.7 Å². The number of fused-ring (bicyclic) bond motifs is 1. The van der Waals surface area contributed by atoms with Crippen LogP contribution in [-0.4, -0.2) is 57.2 Å². The summed E-state index contributed by atoms with van der Waals surface area (Å²) in [5, 5.41) is 5.28. The summed E-state index contributed by atoms with van der Waals surface area (Å²) < 4.78 is 16.4. The van der Waals surface area contributed by atoms with Gasteiger partial charge in [-0.25, -0.2) is 0 Å². The topological polar surface area (TPSA) is 77.1 Å². The third kappa shape index (κ3) is 5.22. The van der Waals surface area contributed by atoms with Gasteiger partial charge in [0.05, 0.1) is 33.7 Å². The van der Waals surface area contributed by atoms with Crippen LogP contribution in [-0.2, 0) is 16.0 Å². The number of benzene rings is 3. The third-order valence-electron chi connectivity index (χ3n) is 7.62. The fourth-order valence-electron chi connectivity index (χ4n) is 5.19. The molecule has 0 bridgehead atoms. The van der Waals surface area contributed by atoms with Gasteiger partial charge in [0.2, 0.25) is 17.6 Å². The Balaban J connectivity index is 1.27. The van der Waals surface area contributed by atoms with Crippen molar-refractivity contribution < 1.29 is 23.8 Å². The van der Waals surface area contributed by atoms with Gasteiger partial charge in [0.1, 0.15) is 0 Å². The quantitative estimate of drug-likeness (QED) is 0.488. The minimum absolute atomic E-state index is 0.0762. The van der Waals surface area contributed by atoms with E-state index < -0.39 is 0 Å². The number of hydrogen-bond donors (Lipinski definition) is 1. The van der Waals surface area contributed by atoms with E-state index in [2.05, 4.69) is 35.6 Å². The number of nitrogens with one attached hydrogen (secondary N) is 1. The summed E-state index contributed by atoms with van der Waals surface area (Å²) in [6.07, 6.45) is 4.42. The van der Waals surface area contributed by atoms with Crippen LogP contribution >= 0.6 is 0 Å². The molecule has 2 amide bonds. The summed E-state index contributed by atoms with van der Waals surface area (Å²) in [6, 6.07) is 16.6. The largest absolute Gasteiger partial charge is 0.493 e.